The Morgan fingerprint density at radius 1 is 1.15 bits per heavy atom. The van der Waals surface area contributed by atoms with Crippen molar-refractivity contribution in [2.45, 2.75) is 26.8 Å². The van der Waals surface area contributed by atoms with Crippen molar-refractivity contribution >= 4 is 17.3 Å². The topological polar surface area (TPSA) is 18.5 Å². The van der Waals surface area contributed by atoms with Crippen LogP contribution in [0.1, 0.15) is 25.8 Å². The maximum atomic E-state index is 6.20. The van der Waals surface area contributed by atoms with Crippen molar-refractivity contribution in [3.8, 4) is 0 Å². The van der Waals surface area contributed by atoms with Crippen molar-refractivity contribution in [3.63, 3.8) is 0 Å². The quantitative estimate of drug-likeness (QED) is 0.814. The van der Waals surface area contributed by atoms with Gasteiger partial charge in [-0.1, -0.05) is 31.5 Å². The van der Waals surface area contributed by atoms with Gasteiger partial charge in [0.05, 0.1) is 0 Å². The zero-order chi connectivity index (χ0) is 14.4. The van der Waals surface area contributed by atoms with Crippen LogP contribution in [0.2, 0.25) is 5.02 Å². The lowest BCUT2D eigenvalue weighted by Crippen LogP contribution is -2.46. The predicted molar refractivity (Wildman–Crippen MR) is 87.8 cm³/mol. The van der Waals surface area contributed by atoms with Crippen LogP contribution in [-0.4, -0.2) is 44.2 Å². The molecule has 0 saturated carbocycles. The highest BCUT2D eigenvalue weighted by atomic mass is 35.5. The number of nitrogens with zero attached hydrogens (tertiary/aromatic N) is 2. The fraction of sp³-hybridized carbons (Fsp3) is 0.625. The second-order valence-corrected chi connectivity index (χ2v) is 5.81. The van der Waals surface area contributed by atoms with E-state index in [1.54, 1.807) is 0 Å². The Hall–Kier alpha value is -0.770. The molecule has 1 aromatic carbocycles. The van der Waals surface area contributed by atoms with E-state index in [0.717, 1.165) is 57.3 Å². The Morgan fingerprint density at radius 3 is 2.55 bits per heavy atom. The third kappa shape index (κ3) is 4.11. The molecule has 1 aliphatic heterocycles. The molecule has 1 aromatic rings. The first-order valence-electron chi connectivity index (χ1n) is 7.71. The molecule has 1 saturated heterocycles. The Labute approximate surface area is 127 Å². The van der Waals surface area contributed by atoms with E-state index in [9.17, 15) is 0 Å². The van der Waals surface area contributed by atoms with E-state index in [1.807, 2.05) is 6.07 Å². The number of anilines is 1. The SMILES string of the molecule is CCCNCc1ccc(Cl)cc1N1CCN(CC)CC1. The smallest absolute Gasteiger partial charge is 0.0427 e. The van der Waals surface area contributed by atoms with Crippen LogP contribution >= 0.6 is 11.6 Å². The van der Waals surface area contributed by atoms with E-state index in [-0.39, 0.29) is 0 Å². The van der Waals surface area contributed by atoms with Gasteiger partial charge in [0.2, 0.25) is 0 Å². The van der Waals surface area contributed by atoms with E-state index in [4.69, 9.17) is 11.6 Å². The van der Waals surface area contributed by atoms with Gasteiger partial charge >= 0.3 is 0 Å². The summed E-state index contributed by atoms with van der Waals surface area (Å²) in [5, 5.41) is 4.32. The second-order valence-electron chi connectivity index (χ2n) is 5.37. The highest BCUT2D eigenvalue weighted by Gasteiger charge is 2.18. The maximum Gasteiger partial charge on any atom is 0.0427 e. The molecule has 0 amide bonds. The van der Waals surface area contributed by atoms with Gasteiger partial charge in [0.1, 0.15) is 0 Å². The highest BCUT2D eigenvalue weighted by molar-refractivity contribution is 6.30. The molecule has 0 aromatic heterocycles. The number of hydrogen-bond donors (Lipinski definition) is 1. The van der Waals surface area contributed by atoms with Gasteiger partial charge in [0, 0.05) is 43.4 Å². The molecule has 0 radical (unpaired) electrons. The largest absolute Gasteiger partial charge is 0.369 e. The van der Waals surface area contributed by atoms with Crippen molar-refractivity contribution in [1.29, 1.82) is 0 Å². The number of halogens is 1. The summed E-state index contributed by atoms with van der Waals surface area (Å²) in [7, 11) is 0. The van der Waals surface area contributed by atoms with Gasteiger partial charge in [-0.3, -0.25) is 0 Å². The molecule has 0 spiro atoms. The first kappa shape index (κ1) is 15.6. The molecular formula is C16H26ClN3. The minimum absolute atomic E-state index is 0.831. The van der Waals surface area contributed by atoms with Crippen molar-refractivity contribution in [3.05, 3.63) is 28.8 Å². The summed E-state index contributed by atoms with van der Waals surface area (Å²) in [6.07, 6.45) is 1.16. The van der Waals surface area contributed by atoms with E-state index in [2.05, 4.69) is 41.1 Å². The van der Waals surface area contributed by atoms with Gasteiger partial charge in [-0.15, -0.1) is 0 Å². The number of piperazine rings is 1. The number of hydrogen-bond acceptors (Lipinski definition) is 3. The average Bonchev–Trinajstić information content (AvgIpc) is 2.49. The summed E-state index contributed by atoms with van der Waals surface area (Å²) < 4.78 is 0. The first-order chi connectivity index (χ1) is 9.74. The summed E-state index contributed by atoms with van der Waals surface area (Å²) in [5.41, 5.74) is 2.66. The normalized spacial score (nSPS) is 16.6. The number of rotatable bonds is 6. The Kier molecular flexibility index (Phi) is 6.14. The summed E-state index contributed by atoms with van der Waals surface area (Å²) >= 11 is 6.20. The van der Waals surface area contributed by atoms with Crippen LogP contribution in [0.25, 0.3) is 0 Å². The van der Waals surface area contributed by atoms with Crippen LogP contribution in [0, 0.1) is 0 Å². The van der Waals surface area contributed by atoms with Crippen LogP contribution in [0.15, 0.2) is 18.2 Å². The maximum absolute atomic E-state index is 6.20. The molecule has 0 aliphatic carbocycles. The molecule has 0 atom stereocenters. The molecule has 1 N–H and O–H groups in total. The molecule has 0 unspecified atom stereocenters. The molecule has 1 heterocycles. The molecule has 4 heteroatoms. The molecule has 0 bridgehead atoms. The molecule has 20 heavy (non-hydrogen) atoms. The van der Waals surface area contributed by atoms with E-state index >= 15 is 0 Å². The van der Waals surface area contributed by atoms with Crippen LogP contribution in [0.4, 0.5) is 5.69 Å². The van der Waals surface area contributed by atoms with Crippen molar-refractivity contribution in [1.82, 2.24) is 10.2 Å². The Balaban J connectivity index is 2.06. The van der Waals surface area contributed by atoms with Gasteiger partial charge in [-0.25, -0.2) is 0 Å². The summed E-state index contributed by atoms with van der Waals surface area (Å²) in [6.45, 7) is 12.0. The first-order valence-corrected chi connectivity index (χ1v) is 8.08. The number of benzene rings is 1. The summed E-state index contributed by atoms with van der Waals surface area (Å²) in [5.74, 6) is 0. The standard InChI is InChI=1S/C16H26ClN3/c1-3-7-18-13-14-5-6-15(17)12-16(14)20-10-8-19(4-2)9-11-20/h5-6,12,18H,3-4,7-11,13H2,1-2H3. The van der Waals surface area contributed by atoms with E-state index in [0.29, 0.717) is 0 Å². The van der Waals surface area contributed by atoms with Gasteiger partial charge in [0.15, 0.2) is 0 Å². The lowest BCUT2D eigenvalue weighted by molar-refractivity contribution is 0.271. The predicted octanol–water partition coefficient (Wildman–Crippen LogP) is 2.98. The van der Waals surface area contributed by atoms with E-state index in [1.165, 1.54) is 11.3 Å². The fourth-order valence-electron chi connectivity index (χ4n) is 2.69. The number of nitrogens with one attached hydrogen (secondary N) is 1. The molecule has 112 valence electrons. The van der Waals surface area contributed by atoms with Crippen LogP contribution in [0.5, 0.6) is 0 Å². The Bertz CT molecular complexity index is 414. The molecular weight excluding hydrogens is 270 g/mol. The molecule has 1 fully saturated rings. The van der Waals surface area contributed by atoms with Gasteiger partial charge in [0.25, 0.3) is 0 Å². The third-order valence-corrected chi connectivity index (χ3v) is 4.18. The van der Waals surface area contributed by atoms with Gasteiger partial charge < -0.3 is 15.1 Å². The van der Waals surface area contributed by atoms with Crippen molar-refractivity contribution in [2.75, 3.05) is 44.2 Å². The number of likely N-dealkylation sites (N-methyl/N-ethyl adjacent to an activating group) is 1. The van der Waals surface area contributed by atoms with Crippen LogP contribution in [-0.2, 0) is 6.54 Å². The monoisotopic (exact) mass is 295 g/mol. The van der Waals surface area contributed by atoms with Crippen molar-refractivity contribution < 1.29 is 0 Å². The zero-order valence-electron chi connectivity index (χ0n) is 12.7. The summed E-state index contributed by atoms with van der Waals surface area (Å²) in [6, 6.07) is 6.27. The minimum Gasteiger partial charge on any atom is -0.369 e. The third-order valence-electron chi connectivity index (χ3n) is 3.95. The Morgan fingerprint density at radius 2 is 1.90 bits per heavy atom. The molecule has 1 aliphatic rings. The van der Waals surface area contributed by atoms with Gasteiger partial charge in [-0.2, -0.15) is 0 Å². The lowest BCUT2D eigenvalue weighted by atomic mass is 10.1. The highest BCUT2D eigenvalue weighted by Crippen LogP contribution is 2.26. The lowest BCUT2D eigenvalue weighted by Gasteiger charge is -2.36. The minimum atomic E-state index is 0.831. The van der Waals surface area contributed by atoms with E-state index < -0.39 is 0 Å². The summed E-state index contributed by atoms with van der Waals surface area (Å²) in [4.78, 5) is 4.97. The second kappa shape index (κ2) is 7.87. The zero-order valence-corrected chi connectivity index (χ0v) is 13.4. The fourth-order valence-corrected chi connectivity index (χ4v) is 2.85. The van der Waals surface area contributed by atoms with Crippen LogP contribution in [0.3, 0.4) is 0 Å². The average molecular weight is 296 g/mol. The molecule has 3 nitrogen and oxygen atoms in total. The van der Waals surface area contributed by atoms with Gasteiger partial charge in [-0.05, 0) is 37.2 Å². The van der Waals surface area contributed by atoms with Crippen LogP contribution < -0.4 is 10.2 Å². The van der Waals surface area contributed by atoms with Crippen molar-refractivity contribution in [2.24, 2.45) is 0 Å². The molecule has 2 rings (SSSR count).